The van der Waals surface area contributed by atoms with Gasteiger partial charge < -0.3 is 4.42 Å². The fraction of sp³-hybridized carbons (Fsp3) is 0.526. The summed E-state index contributed by atoms with van der Waals surface area (Å²) in [6, 6.07) is 8.43. The lowest BCUT2D eigenvalue weighted by Crippen LogP contribution is -2.26. The zero-order chi connectivity index (χ0) is 16.2. The number of thioether (sulfide) groups is 1. The molecule has 1 saturated carbocycles. The van der Waals surface area contributed by atoms with Crippen molar-refractivity contribution in [3.05, 3.63) is 35.7 Å². The third-order valence-corrected chi connectivity index (χ3v) is 5.10. The van der Waals surface area contributed by atoms with Gasteiger partial charge in [-0.15, -0.1) is 11.8 Å². The Labute approximate surface area is 143 Å². The SMILES string of the molecule is CCCN(Cc1nc(-c2ccc(SC)cc2)oc1C)CC1CC1. The molecule has 3 nitrogen and oxygen atoms in total. The van der Waals surface area contributed by atoms with E-state index < -0.39 is 0 Å². The summed E-state index contributed by atoms with van der Waals surface area (Å²) < 4.78 is 5.93. The lowest BCUT2D eigenvalue weighted by molar-refractivity contribution is 0.251. The van der Waals surface area contributed by atoms with Crippen LogP contribution in [0, 0.1) is 12.8 Å². The highest BCUT2D eigenvalue weighted by molar-refractivity contribution is 7.98. The second kappa shape index (κ2) is 7.54. The molecule has 124 valence electrons. The lowest BCUT2D eigenvalue weighted by atomic mass is 10.2. The van der Waals surface area contributed by atoms with Crippen LogP contribution in [0.15, 0.2) is 33.6 Å². The minimum atomic E-state index is 0.744. The van der Waals surface area contributed by atoms with Crippen molar-refractivity contribution in [1.82, 2.24) is 9.88 Å². The zero-order valence-corrected chi connectivity index (χ0v) is 15.2. The van der Waals surface area contributed by atoms with Gasteiger partial charge in [0.2, 0.25) is 5.89 Å². The van der Waals surface area contributed by atoms with Crippen molar-refractivity contribution in [1.29, 1.82) is 0 Å². The van der Waals surface area contributed by atoms with Gasteiger partial charge in [-0.1, -0.05) is 6.92 Å². The second-order valence-corrected chi connectivity index (χ2v) is 7.31. The number of benzene rings is 1. The van der Waals surface area contributed by atoms with E-state index in [9.17, 15) is 0 Å². The highest BCUT2D eigenvalue weighted by Crippen LogP contribution is 2.31. The van der Waals surface area contributed by atoms with E-state index in [0.717, 1.165) is 41.9 Å². The van der Waals surface area contributed by atoms with Crippen molar-refractivity contribution in [2.24, 2.45) is 5.92 Å². The molecule has 1 heterocycles. The number of oxazole rings is 1. The number of nitrogens with zero attached hydrogens (tertiary/aromatic N) is 2. The van der Waals surface area contributed by atoms with Gasteiger partial charge in [-0.05, 0) is 69.2 Å². The maximum atomic E-state index is 5.93. The standard InChI is InChI=1S/C19H26N2OS/c1-4-11-21(12-15-5-6-15)13-18-14(2)22-19(20-18)16-7-9-17(23-3)10-8-16/h7-10,15H,4-6,11-13H2,1-3H3. The molecule has 23 heavy (non-hydrogen) atoms. The predicted molar refractivity (Wildman–Crippen MR) is 96.7 cm³/mol. The summed E-state index contributed by atoms with van der Waals surface area (Å²) in [6.07, 6.45) is 6.06. The normalized spacial score (nSPS) is 14.6. The number of hydrogen-bond acceptors (Lipinski definition) is 4. The average molecular weight is 330 g/mol. The average Bonchev–Trinajstić information content (AvgIpc) is 3.30. The van der Waals surface area contributed by atoms with Gasteiger partial charge in [-0.3, -0.25) is 4.90 Å². The van der Waals surface area contributed by atoms with Crippen LogP contribution in [0.25, 0.3) is 11.5 Å². The maximum absolute atomic E-state index is 5.93. The summed E-state index contributed by atoms with van der Waals surface area (Å²) in [4.78, 5) is 8.56. The summed E-state index contributed by atoms with van der Waals surface area (Å²) in [7, 11) is 0. The van der Waals surface area contributed by atoms with Gasteiger partial charge in [0.05, 0.1) is 5.69 Å². The lowest BCUT2D eigenvalue weighted by Gasteiger charge is -2.20. The molecule has 1 fully saturated rings. The first-order valence-corrected chi connectivity index (χ1v) is 9.75. The van der Waals surface area contributed by atoms with E-state index in [1.807, 2.05) is 6.92 Å². The van der Waals surface area contributed by atoms with E-state index in [-0.39, 0.29) is 0 Å². The first-order chi connectivity index (χ1) is 11.2. The first-order valence-electron chi connectivity index (χ1n) is 8.52. The van der Waals surface area contributed by atoms with Crippen LogP contribution in [0.2, 0.25) is 0 Å². The van der Waals surface area contributed by atoms with Gasteiger partial charge in [-0.2, -0.15) is 0 Å². The highest BCUT2D eigenvalue weighted by atomic mass is 32.2. The molecule has 0 unspecified atom stereocenters. The van der Waals surface area contributed by atoms with Crippen molar-refractivity contribution in [3.63, 3.8) is 0 Å². The Bertz CT molecular complexity index is 631. The summed E-state index contributed by atoms with van der Waals surface area (Å²) >= 11 is 1.75. The molecule has 0 N–H and O–H groups in total. The Hall–Kier alpha value is -1.26. The fourth-order valence-corrected chi connectivity index (χ4v) is 3.27. The molecule has 0 bridgehead atoms. The largest absolute Gasteiger partial charge is 0.441 e. The number of aromatic nitrogens is 1. The summed E-state index contributed by atoms with van der Waals surface area (Å²) in [6.45, 7) is 7.53. The molecule has 4 heteroatoms. The van der Waals surface area contributed by atoms with Crippen molar-refractivity contribution in [2.45, 2.75) is 44.6 Å². The van der Waals surface area contributed by atoms with Crippen LogP contribution in [0.1, 0.15) is 37.6 Å². The van der Waals surface area contributed by atoms with Crippen LogP contribution in [0.3, 0.4) is 0 Å². The molecule has 1 aromatic heterocycles. The molecule has 0 aliphatic heterocycles. The molecule has 3 rings (SSSR count). The minimum absolute atomic E-state index is 0.744. The molecular weight excluding hydrogens is 304 g/mol. The van der Waals surface area contributed by atoms with E-state index >= 15 is 0 Å². The van der Waals surface area contributed by atoms with Crippen molar-refractivity contribution >= 4 is 11.8 Å². The van der Waals surface area contributed by atoms with E-state index in [2.05, 4.69) is 42.3 Å². The van der Waals surface area contributed by atoms with Gasteiger partial charge in [-0.25, -0.2) is 4.98 Å². The Balaban J connectivity index is 1.73. The topological polar surface area (TPSA) is 29.3 Å². The quantitative estimate of drug-likeness (QED) is 0.637. The van der Waals surface area contributed by atoms with Crippen molar-refractivity contribution in [2.75, 3.05) is 19.3 Å². The summed E-state index contributed by atoms with van der Waals surface area (Å²) in [5.41, 5.74) is 2.14. The van der Waals surface area contributed by atoms with E-state index in [0.29, 0.717) is 0 Å². The van der Waals surface area contributed by atoms with E-state index in [1.54, 1.807) is 11.8 Å². The van der Waals surface area contributed by atoms with Crippen LogP contribution in [0.5, 0.6) is 0 Å². The van der Waals surface area contributed by atoms with Gasteiger partial charge in [0.25, 0.3) is 0 Å². The van der Waals surface area contributed by atoms with Crippen LogP contribution in [0.4, 0.5) is 0 Å². The Kier molecular flexibility index (Phi) is 5.44. The van der Waals surface area contributed by atoms with Gasteiger partial charge >= 0.3 is 0 Å². The number of hydrogen-bond donors (Lipinski definition) is 0. The molecule has 0 amide bonds. The molecule has 2 aromatic rings. The number of rotatable bonds is 8. The van der Waals surface area contributed by atoms with E-state index in [1.165, 1.54) is 30.7 Å². The van der Waals surface area contributed by atoms with Crippen LogP contribution < -0.4 is 0 Å². The zero-order valence-electron chi connectivity index (χ0n) is 14.3. The molecule has 1 aliphatic rings. The van der Waals surface area contributed by atoms with Crippen molar-refractivity contribution in [3.8, 4) is 11.5 Å². The van der Waals surface area contributed by atoms with Crippen LogP contribution >= 0.6 is 11.8 Å². The molecule has 0 radical (unpaired) electrons. The van der Waals surface area contributed by atoms with Gasteiger partial charge in [0.15, 0.2) is 0 Å². The minimum Gasteiger partial charge on any atom is -0.441 e. The van der Waals surface area contributed by atoms with Crippen LogP contribution in [-0.2, 0) is 6.54 Å². The molecule has 1 aliphatic carbocycles. The molecular formula is C19H26N2OS. The fourth-order valence-electron chi connectivity index (χ4n) is 2.86. The third-order valence-electron chi connectivity index (χ3n) is 4.36. The molecule has 0 atom stereocenters. The third kappa shape index (κ3) is 4.39. The highest BCUT2D eigenvalue weighted by Gasteiger charge is 2.25. The van der Waals surface area contributed by atoms with Gasteiger partial charge in [0, 0.05) is 23.5 Å². The smallest absolute Gasteiger partial charge is 0.226 e. The predicted octanol–water partition coefficient (Wildman–Crippen LogP) is 4.99. The Morgan fingerprint density at radius 1 is 1.26 bits per heavy atom. The molecule has 0 saturated heterocycles. The summed E-state index contributed by atoms with van der Waals surface area (Å²) in [5.74, 6) is 2.60. The summed E-state index contributed by atoms with van der Waals surface area (Å²) in [5, 5.41) is 0. The van der Waals surface area contributed by atoms with Crippen LogP contribution in [-0.4, -0.2) is 29.2 Å². The number of aryl methyl sites for hydroxylation is 1. The Morgan fingerprint density at radius 3 is 2.61 bits per heavy atom. The maximum Gasteiger partial charge on any atom is 0.226 e. The van der Waals surface area contributed by atoms with Gasteiger partial charge in [0.1, 0.15) is 5.76 Å². The monoisotopic (exact) mass is 330 g/mol. The second-order valence-electron chi connectivity index (χ2n) is 6.43. The molecule has 0 spiro atoms. The first kappa shape index (κ1) is 16.6. The molecule has 1 aromatic carbocycles. The van der Waals surface area contributed by atoms with Crippen molar-refractivity contribution < 1.29 is 4.42 Å². The van der Waals surface area contributed by atoms with E-state index in [4.69, 9.17) is 9.40 Å². The Morgan fingerprint density at radius 2 is 2.00 bits per heavy atom.